The van der Waals surface area contributed by atoms with Crippen molar-refractivity contribution in [3.63, 3.8) is 0 Å². The molecule has 1 fully saturated rings. The van der Waals surface area contributed by atoms with E-state index in [-0.39, 0.29) is 13.2 Å². The SMILES string of the molecule is COc1cc(COC(C)=O)c(B2OC(C)(C)C(C)(C)O2)c(COC(C)=O)c1. The molecule has 7 nitrogen and oxygen atoms in total. The number of methoxy groups -OCH3 is 1. The Morgan fingerprint density at radius 2 is 1.33 bits per heavy atom. The lowest BCUT2D eigenvalue weighted by Crippen LogP contribution is -2.41. The topological polar surface area (TPSA) is 80.3 Å². The molecule has 0 saturated carbocycles. The van der Waals surface area contributed by atoms with Crippen LogP contribution in [-0.4, -0.2) is 37.4 Å². The number of carbonyl (C=O) groups is 2. The molecular formula is C19H27BO7. The number of carbonyl (C=O) groups excluding carboxylic acids is 2. The summed E-state index contributed by atoms with van der Waals surface area (Å²) < 4.78 is 28.1. The van der Waals surface area contributed by atoms with E-state index < -0.39 is 30.3 Å². The maximum Gasteiger partial charge on any atom is 0.495 e. The van der Waals surface area contributed by atoms with Gasteiger partial charge in [0, 0.05) is 13.8 Å². The Hall–Kier alpha value is -2.06. The number of hydrogen-bond donors (Lipinski definition) is 0. The molecule has 1 aromatic rings. The molecule has 1 aliphatic heterocycles. The first-order valence-electron chi connectivity index (χ1n) is 8.79. The minimum Gasteiger partial charge on any atom is -0.497 e. The molecule has 27 heavy (non-hydrogen) atoms. The Kier molecular flexibility index (Phi) is 6.22. The van der Waals surface area contributed by atoms with Crippen LogP contribution in [0, 0.1) is 0 Å². The van der Waals surface area contributed by atoms with Gasteiger partial charge in [0.2, 0.25) is 0 Å². The lowest BCUT2D eigenvalue weighted by atomic mass is 9.73. The third kappa shape index (κ3) is 4.81. The van der Waals surface area contributed by atoms with Crippen molar-refractivity contribution in [1.82, 2.24) is 0 Å². The van der Waals surface area contributed by atoms with E-state index in [1.165, 1.54) is 21.0 Å². The summed E-state index contributed by atoms with van der Waals surface area (Å²) in [5, 5.41) is 0. The van der Waals surface area contributed by atoms with Crippen LogP contribution >= 0.6 is 0 Å². The van der Waals surface area contributed by atoms with E-state index in [0.717, 1.165) is 0 Å². The van der Waals surface area contributed by atoms with E-state index in [4.69, 9.17) is 23.5 Å². The standard InChI is InChI=1S/C19H27BO7/c1-12(21)24-10-14-8-16(23-7)9-15(11-25-13(2)22)17(14)20-26-18(3,4)19(5,6)27-20/h8-9H,10-11H2,1-7H3. The maximum absolute atomic E-state index is 11.3. The number of esters is 2. The largest absolute Gasteiger partial charge is 0.497 e. The van der Waals surface area contributed by atoms with Crippen molar-refractivity contribution in [3.05, 3.63) is 23.3 Å². The Labute approximate surface area is 160 Å². The molecule has 0 aliphatic carbocycles. The van der Waals surface area contributed by atoms with Crippen LogP contribution in [-0.2, 0) is 41.6 Å². The van der Waals surface area contributed by atoms with E-state index in [9.17, 15) is 9.59 Å². The average molecular weight is 378 g/mol. The van der Waals surface area contributed by atoms with Crippen molar-refractivity contribution >= 4 is 24.5 Å². The van der Waals surface area contributed by atoms with Gasteiger partial charge in [-0.15, -0.1) is 0 Å². The van der Waals surface area contributed by atoms with Crippen molar-refractivity contribution < 1.29 is 33.1 Å². The van der Waals surface area contributed by atoms with Crippen molar-refractivity contribution in [2.24, 2.45) is 0 Å². The van der Waals surface area contributed by atoms with E-state index in [1.54, 1.807) is 12.1 Å². The zero-order valence-corrected chi connectivity index (χ0v) is 17.0. The van der Waals surface area contributed by atoms with Gasteiger partial charge < -0.3 is 23.5 Å². The molecule has 1 aliphatic rings. The van der Waals surface area contributed by atoms with Crippen LogP contribution in [0.15, 0.2) is 12.1 Å². The molecule has 1 aromatic carbocycles. The summed E-state index contributed by atoms with van der Waals surface area (Å²) in [5.41, 5.74) is 0.927. The quantitative estimate of drug-likeness (QED) is 0.554. The molecule has 0 aromatic heterocycles. The monoisotopic (exact) mass is 378 g/mol. The summed E-state index contributed by atoms with van der Waals surface area (Å²) in [6.07, 6.45) is 0. The Morgan fingerprint density at radius 3 is 1.67 bits per heavy atom. The van der Waals surface area contributed by atoms with Gasteiger partial charge in [-0.05, 0) is 56.4 Å². The Bertz CT molecular complexity index is 672. The van der Waals surface area contributed by atoms with E-state index in [1.807, 2.05) is 27.7 Å². The molecule has 1 saturated heterocycles. The third-order valence-electron chi connectivity index (χ3n) is 4.91. The van der Waals surface area contributed by atoms with Crippen molar-refractivity contribution in [2.45, 2.75) is 66.0 Å². The van der Waals surface area contributed by atoms with Crippen LogP contribution in [0.1, 0.15) is 52.7 Å². The molecule has 0 spiro atoms. The zero-order chi connectivity index (χ0) is 20.4. The molecular weight excluding hydrogens is 351 g/mol. The molecule has 0 unspecified atom stereocenters. The predicted molar refractivity (Wildman–Crippen MR) is 99.7 cm³/mol. The van der Waals surface area contributed by atoms with Crippen LogP contribution in [0.2, 0.25) is 0 Å². The molecule has 0 atom stereocenters. The van der Waals surface area contributed by atoms with Crippen molar-refractivity contribution in [2.75, 3.05) is 7.11 Å². The van der Waals surface area contributed by atoms with Gasteiger partial charge in [0.05, 0.1) is 18.3 Å². The third-order valence-corrected chi connectivity index (χ3v) is 4.91. The average Bonchev–Trinajstić information content (AvgIpc) is 2.77. The van der Waals surface area contributed by atoms with Gasteiger partial charge in [-0.3, -0.25) is 9.59 Å². The molecule has 2 rings (SSSR count). The molecule has 0 N–H and O–H groups in total. The highest BCUT2D eigenvalue weighted by Gasteiger charge is 2.52. The van der Waals surface area contributed by atoms with E-state index in [2.05, 4.69) is 0 Å². The van der Waals surface area contributed by atoms with Gasteiger partial charge >= 0.3 is 19.1 Å². The number of benzene rings is 1. The molecule has 0 bridgehead atoms. The lowest BCUT2D eigenvalue weighted by molar-refractivity contribution is -0.142. The molecule has 1 heterocycles. The fourth-order valence-corrected chi connectivity index (χ4v) is 2.73. The highest BCUT2D eigenvalue weighted by molar-refractivity contribution is 6.63. The summed E-state index contributed by atoms with van der Waals surface area (Å²) in [6, 6.07) is 3.53. The molecule has 8 heteroatoms. The van der Waals surface area contributed by atoms with Gasteiger partial charge in [0.1, 0.15) is 19.0 Å². The first kappa shape index (κ1) is 21.2. The second-order valence-electron chi connectivity index (χ2n) is 7.51. The summed E-state index contributed by atoms with van der Waals surface area (Å²) in [5.74, 6) is -0.252. The van der Waals surface area contributed by atoms with Crippen LogP contribution in [0.4, 0.5) is 0 Å². The number of hydrogen-bond acceptors (Lipinski definition) is 7. The Balaban J connectivity index is 2.52. The minimum absolute atomic E-state index is 0.0268. The van der Waals surface area contributed by atoms with Crippen molar-refractivity contribution in [3.8, 4) is 5.75 Å². The fraction of sp³-hybridized carbons (Fsp3) is 0.579. The normalized spacial score (nSPS) is 17.5. The maximum atomic E-state index is 11.3. The predicted octanol–water partition coefficient (Wildman–Crippen LogP) is 2.12. The van der Waals surface area contributed by atoms with Crippen LogP contribution in [0.5, 0.6) is 5.75 Å². The second kappa shape index (κ2) is 7.90. The fourth-order valence-electron chi connectivity index (χ4n) is 2.73. The first-order valence-corrected chi connectivity index (χ1v) is 8.79. The van der Waals surface area contributed by atoms with Gasteiger partial charge in [-0.1, -0.05) is 0 Å². The summed E-state index contributed by atoms with van der Waals surface area (Å²) in [4.78, 5) is 22.6. The molecule has 0 amide bonds. The summed E-state index contributed by atoms with van der Waals surface area (Å²) >= 11 is 0. The zero-order valence-electron chi connectivity index (χ0n) is 17.0. The lowest BCUT2D eigenvalue weighted by Gasteiger charge is -2.32. The first-order chi connectivity index (χ1) is 12.5. The van der Waals surface area contributed by atoms with Gasteiger partial charge in [-0.25, -0.2) is 0 Å². The minimum atomic E-state index is -0.697. The van der Waals surface area contributed by atoms with E-state index in [0.29, 0.717) is 22.3 Å². The van der Waals surface area contributed by atoms with Crippen LogP contribution in [0.25, 0.3) is 0 Å². The summed E-state index contributed by atoms with van der Waals surface area (Å²) in [6.45, 7) is 10.5. The number of rotatable bonds is 6. The smallest absolute Gasteiger partial charge is 0.495 e. The van der Waals surface area contributed by atoms with Crippen molar-refractivity contribution in [1.29, 1.82) is 0 Å². The molecule has 0 radical (unpaired) electrons. The van der Waals surface area contributed by atoms with Crippen LogP contribution < -0.4 is 10.2 Å². The second-order valence-corrected chi connectivity index (χ2v) is 7.51. The molecule has 148 valence electrons. The van der Waals surface area contributed by atoms with E-state index >= 15 is 0 Å². The highest BCUT2D eigenvalue weighted by Crippen LogP contribution is 2.37. The Morgan fingerprint density at radius 1 is 0.926 bits per heavy atom. The van der Waals surface area contributed by atoms with Crippen LogP contribution in [0.3, 0.4) is 0 Å². The number of ether oxygens (including phenoxy) is 3. The summed E-state index contributed by atoms with van der Waals surface area (Å²) in [7, 11) is 0.840. The van der Waals surface area contributed by atoms with Gasteiger partial charge in [0.25, 0.3) is 0 Å². The van der Waals surface area contributed by atoms with Gasteiger partial charge in [-0.2, -0.15) is 0 Å². The highest BCUT2D eigenvalue weighted by atomic mass is 16.7. The van der Waals surface area contributed by atoms with Gasteiger partial charge in [0.15, 0.2) is 0 Å².